The van der Waals surface area contributed by atoms with E-state index in [1.54, 1.807) is 20.3 Å². The molecule has 0 radical (unpaired) electrons. The molecule has 1 aromatic rings. The second-order valence-corrected chi connectivity index (χ2v) is 5.42. The summed E-state index contributed by atoms with van der Waals surface area (Å²) >= 11 is 0. The predicted octanol–water partition coefficient (Wildman–Crippen LogP) is 2.26. The summed E-state index contributed by atoms with van der Waals surface area (Å²) in [6, 6.07) is 3.80. The molecule has 1 heterocycles. The van der Waals surface area contributed by atoms with Crippen molar-refractivity contribution in [2.75, 3.05) is 20.8 Å². The number of rotatable bonds is 2. The third-order valence-corrected chi connectivity index (χ3v) is 4.48. The van der Waals surface area contributed by atoms with Crippen LogP contribution in [0.25, 0.3) is 0 Å². The molecule has 1 amide bonds. The van der Waals surface area contributed by atoms with Crippen molar-refractivity contribution in [3.8, 4) is 11.5 Å². The average molecular weight is 261 g/mol. The Kier molecular flexibility index (Phi) is 2.88. The van der Waals surface area contributed by atoms with E-state index in [1.807, 2.05) is 6.07 Å². The second-order valence-electron chi connectivity index (χ2n) is 5.42. The molecule has 0 aromatic heterocycles. The number of ether oxygens (including phenoxy) is 2. The molecule has 1 aromatic carbocycles. The maximum Gasteiger partial charge on any atom is 0.255 e. The Hall–Kier alpha value is -1.71. The Morgan fingerprint density at radius 3 is 2.53 bits per heavy atom. The van der Waals surface area contributed by atoms with Crippen molar-refractivity contribution in [3.63, 3.8) is 0 Å². The number of carbonyl (C=O) groups is 1. The molecular weight excluding hydrogens is 242 g/mol. The summed E-state index contributed by atoms with van der Waals surface area (Å²) in [5.74, 6) is 1.33. The van der Waals surface area contributed by atoms with E-state index < -0.39 is 0 Å². The van der Waals surface area contributed by atoms with E-state index in [0.29, 0.717) is 11.3 Å². The molecule has 1 aliphatic heterocycles. The van der Waals surface area contributed by atoms with Gasteiger partial charge in [0.25, 0.3) is 5.91 Å². The van der Waals surface area contributed by atoms with Gasteiger partial charge in [-0.3, -0.25) is 4.79 Å². The molecule has 1 spiro atoms. The second kappa shape index (κ2) is 4.44. The molecule has 3 rings (SSSR count). The molecule has 1 saturated carbocycles. The zero-order chi connectivity index (χ0) is 13.5. The van der Waals surface area contributed by atoms with Crippen molar-refractivity contribution in [1.29, 1.82) is 0 Å². The van der Waals surface area contributed by atoms with Crippen molar-refractivity contribution in [1.82, 2.24) is 5.32 Å². The van der Waals surface area contributed by atoms with Gasteiger partial charge in [0.15, 0.2) is 0 Å². The van der Waals surface area contributed by atoms with Crippen LogP contribution in [-0.2, 0) is 5.41 Å². The van der Waals surface area contributed by atoms with Crippen molar-refractivity contribution in [2.45, 2.75) is 31.1 Å². The first-order valence-electron chi connectivity index (χ1n) is 6.75. The van der Waals surface area contributed by atoms with E-state index in [2.05, 4.69) is 5.32 Å². The molecule has 1 N–H and O–H groups in total. The SMILES string of the molecule is COc1cc(OC)c2c(c1)C1(CCCC1)CNC2=O. The monoisotopic (exact) mass is 261 g/mol. The van der Waals surface area contributed by atoms with Crippen LogP contribution in [0.5, 0.6) is 11.5 Å². The highest BCUT2D eigenvalue weighted by Gasteiger charge is 2.43. The largest absolute Gasteiger partial charge is 0.497 e. The van der Waals surface area contributed by atoms with E-state index in [4.69, 9.17) is 9.47 Å². The lowest BCUT2D eigenvalue weighted by molar-refractivity contribution is 0.0921. The lowest BCUT2D eigenvalue weighted by Crippen LogP contribution is -2.45. The predicted molar refractivity (Wildman–Crippen MR) is 72.0 cm³/mol. The van der Waals surface area contributed by atoms with Gasteiger partial charge < -0.3 is 14.8 Å². The van der Waals surface area contributed by atoms with Crippen LogP contribution in [0.3, 0.4) is 0 Å². The molecular formula is C15H19NO3. The van der Waals surface area contributed by atoms with E-state index in [1.165, 1.54) is 12.8 Å². The minimum atomic E-state index is -0.0352. The quantitative estimate of drug-likeness (QED) is 0.888. The van der Waals surface area contributed by atoms with Crippen LogP contribution in [0, 0.1) is 0 Å². The van der Waals surface area contributed by atoms with Crippen LogP contribution in [0.2, 0.25) is 0 Å². The summed E-state index contributed by atoms with van der Waals surface area (Å²) in [6.45, 7) is 0.731. The van der Waals surface area contributed by atoms with Crippen molar-refractivity contribution in [3.05, 3.63) is 23.3 Å². The van der Waals surface area contributed by atoms with Crippen LogP contribution < -0.4 is 14.8 Å². The molecule has 4 heteroatoms. The van der Waals surface area contributed by atoms with Crippen molar-refractivity contribution in [2.24, 2.45) is 0 Å². The number of amides is 1. The first kappa shape index (κ1) is 12.3. The zero-order valence-corrected chi connectivity index (χ0v) is 11.4. The van der Waals surface area contributed by atoms with E-state index in [-0.39, 0.29) is 11.3 Å². The van der Waals surface area contributed by atoms with Gasteiger partial charge in [-0.05, 0) is 24.5 Å². The van der Waals surface area contributed by atoms with Crippen LogP contribution in [0.15, 0.2) is 12.1 Å². The number of hydrogen-bond acceptors (Lipinski definition) is 3. The van der Waals surface area contributed by atoms with Gasteiger partial charge in [-0.15, -0.1) is 0 Å². The molecule has 0 unspecified atom stereocenters. The zero-order valence-electron chi connectivity index (χ0n) is 11.4. The number of hydrogen-bond donors (Lipinski definition) is 1. The smallest absolute Gasteiger partial charge is 0.255 e. The molecule has 1 fully saturated rings. The highest BCUT2D eigenvalue weighted by molar-refractivity contribution is 6.00. The van der Waals surface area contributed by atoms with Gasteiger partial charge in [0, 0.05) is 18.0 Å². The van der Waals surface area contributed by atoms with Crippen LogP contribution in [-0.4, -0.2) is 26.7 Å². The van der Waals surface area contributed by atoms with E-state index in [0.717, 1.165) is 30.7 Å². The minimum Gasteiger partial charge on any atom is -0.497 e. The number of benzene rings is 1. The van der Waals surface area contributed by atoms with Gasteiger partial charge in [-0.2, -0.15) is 0 Å². The Bertz CT molecular complexity index is 518. The summed E-state index contributed by atoms with van der Waals surface area (Å²) in [5, 5.41) is 3.02. The average Bonchev–Trinajstić information content (AvgIpc) is 2.91. The van der Waals surface area contributed by atoms with Gasteiger partial charge in [0.05, 0.1) is 19.8 Å². The van der Waals surface area contributed by atoms with Crippen LogP contribution >= 0.6 is 0 Å². The lowest BCUT2D eigenvalue weighted by Gasteiger charge is -2.36. The molecule has 102 valence electrons. The number of methoxy groups -OCH3 is 2. The summed E-state index contributed by atoms with van der Waals surface area (Å²) in [6.07, 6.45) is 4.68. The molecule has 0 bridgehead atoms. The van der Waals surface area contributed by atoms with Gasteiger partial charge in [-0.1, -0.05) is 12.8 Å². The number of fused-ring (bicyclic) bond motifs is 2. The Labute approximate surface area is 113 Å². The molecule has 0 atom stereocenters. The van der Waals surface area contributed by atoms with Crippen LogP contribution in [0.4, 0.5) is 0 Å². The van der Waals surface area contributed by atoms with Crippen molar-refractivity contribution >= 4 is 5.91 Å². The molecule has 4 nitrogen and oxygen atoms in total. The van der Waals surface area contributed by atoms with Gasteiger partial charge in [0.2, 0.25) is 0 Å². The lowest BCUT2D eigenvalue weighted by atomic mass is 9.74. The third kappa shape index (κ3) is 1.78. The summed E-state index contributed by atoms with van der Waals surface area (Å²) < 4.78 is 10.7. The van der Waals surface area contributed by atoms with Gasteiger partial charge in [0.1, 0.15) is 11.5 Å². The van der Waals surface area contributed by atoms with E-state index in [9.17, 15) is 4.79 Å². The fourth-order valence-corrected chi connectivity index (χ4v) is 3.45. The summed E-state index contributed by atoms with van der Waals surface area (Å²) in [4.78, 5) is 12.2. The number of nitrogens with one attached hydrogen (secondary N) is 1. The first-order chi connectivity index (χ1) is 9.20. The molecule has 19 heavy (non-hydrogen) atoms. The Balaban J connectivity index is 2.22. The van der Waals surface area contributed by atoms with E-state index >= 15 is 0 Å². The highest BCUT2D eigenvalue weighted by Crippen LogP contribution is 2.47. The van der Waals surface area contributed by atoms with Crippen LogP contribution in [0.1, 0.15) is 41.6 Å². The van der Waals surface area contributed by atoms with Gasteiger partial charge >= 0.3 is 0 Å². The standard InChI is InChI=1S/C15H19NO3/c1-18-10-7-11-13(12(8-10)19-2)14(17)16-9-15(11)5-3-4-6-15/h7-8H,3-6,9H2,1-2H3,(H,16,17). The third-order valence-electron chi connectivity index (χ3n) is 4.48. The maximum atomic E-state index is 12.2. The molecule has 2 aliphatic rings. The number of carbonyl (C=O) groups excluding carboxylic acids is 1. The first-order valence-corrected chi connectivity index (χ1v) is 6.75. The Morgan fingerprint density at radius 1 is 1.16 bits per heavy atom. The Morgan fingerprint density at radius 2 is 1.89 bits per heavy atom. The minimum absolute atomic E-state index is 0.0352. The van der Waals surface area contributed by atoms with Crippen molar-refractivity contribution < 1.29 is 14.3 Å². The fraction of sp³-hybridized carbons (Fsp3) is 0.533. The fourth-order valence-electron chi connectivity index (χ4n) is 3.45. The highest BCUT2D eigenvalue weighted by atomic mass is 16.5. The van der Waals surface area contributed by atoms with Gasteiger partial charge in [-0.25, -0.2) is 0 Å². The normalized spacial score (nSPS) is 20.0. The topological polar surface area (TPSA) is 47.6 Å². The molecule has 1 aliphatic carbocycles. The summed E-state index contributed by atoms with van der Waals surface area (Å²) in [5.41, 5.74) is 1.87. The molecule has 0 saturated heterocycles. The summed E-state index contributed by atoms with van der Waals surface area (Å²) in [7, 11) is 3.24. The maximum absolute atomic E-state index is 12.2.